The summed E-state index contributed by atoms with van der Waals surface area (Å²) in [6, 6.07) is 0.0825. The van der Waals surface area contributed by atoms with Crippen molar-refractivity contribution in [2.75, 3.05) is 11.5 Å². The third kappa shape index (κ3) is 2.06. The molecule has 0 saturated carbocycles. The summed E-state index contributed by atoms with van der Waals surface area (Å²) in [5, 5.41) is 3.39. The lowest BCUT2D eigenvalue weighted by molar-refractivity contribution is 0.739. The quantitative estimate of drug-likeness (QED) is 0.821. The van der Waals surface area contributed by atoms with Crippen LogP contribution in [0.25, 0.3) is 0 Å². The molecule has 0 spiro atoms. The maximum atomic E-state index is 5.76. The highest BCUT2D eigenvalue weighted by molar-refractivity contribution is 7.99. The number of hydrogen-bond acceptors (Lipinski definition) is 4. The second-order valence-electron chi connectivity index (χ2n) is 3.46. The minimum Gasteiger partial charge on any atom is -0.323 e. The Balaban J connectivity index is 2.12. The molecule has 1 saturated heterocycles. The molecule has 1 aromatic heterocycles. The molecule has 2 nitrogen and oxygen atoms in total. The number of hydrogen-bond donors (Lipinski definition) is 1. The van der Waals surface area contributed by atoms with Crippen LogP contribution in [0.2, 0.25) is 0 Å². The van der Waals surface area contributed by atoms with Crippen molar-refractivity contribution in [2.45, 2.75) is 25.3 Å². The van der Waals surface area contributed by atoms with Crippen LogP contribution in [0.15, 0.2) is 5.38 Å². The van der Waals surface area contributed by atoms with Crippen molar-refractivity contribution in [2.24, 2.45) is 5.73 Å². The van der Waals surface area contributed by atoms with Gasteiger partial charge in [0.05, 0.1) is 10.7 Å². The minimum absolute atomic E-state index is 0.0825. The predicted octanol–water partition coefficient (Wildman–Crippen LogP) is 2.38. The monoisotopic (exact) mass is 214 g/mol. The average molecular weight is 214 g/mol. The first kappa shape index (κ1) is 9.49. The van der Waals surface area contributed by atoms with E-state index in [0.717, 1.165) is 5.69 Å². The molecule has 2 heterocycles. The number of nitrogens with two attached hydrogens (primary N) is 1. The lowest BCUT2D eigenvalue weighted by Crippen LogP contribution is -2.06. The van der Waals surface area contributed by atoms with Gasteiger partial charge >= 0.3 is 0 Å². The highest BCUT2D eigenvalue weighted by Gasteiger charge is 2.20. The molecule has 1 aliphatic rings. The molecule has 0 amide bonds. The highest BCUT2D eigenvalue weighted by atomic mass is 32.2. The fourth-order valence-electron chi connectivity index (χ4n) is 1.43. The van der Waals surface area contributed by atoms with Crippen LogP contribution in [0.5, 0.6) is 0 Å². The fourth-order valence-corrected chi connectivity index (χ4v) is 3.82. The van der Waals surface area contributed by atoms with Crippen LogP contribution in [-0.4, -0.2) is 16.5 Å². The lowest BCUT2D eigenvalue weighted by Gasteiger charge is -2.02. The molecule has 2 rings (SSSR count). The average Bonchev–Trinajstić information content (AvgIpc) is 2.75. The van der Waals surface area contributed by atoms with Gasteiger partial charge in [-0.1, -0.05) is 0 Å². The molecule has 0 aromatic carbocycles. The second-order valence-corrected chi connectivity index (χ2v) is 5.50. The number of thioether (sulfide) groups is 1. The van der Waals surface area contributed by atoms with E-state index in [-0.39, 0.29) is 6.04 Å². The summed E-state index contributed by atoms with van der Waals surface area (Å²) < 4.78 is 0. The summed E-state index contributed by atoms with van der Waals surface area (Å²) in [6.45, 7) is 1.99. The first-order chi connectivity index (χ1) is 6.27. The van der Waals surface area contributed by atoms with Gasteiger partial charge in [0.1, 0.15) is 0 Å². The molecule has 2 N–H and O–H groups in total. The van der Waals surface area contributed by atoms with E-state index in [4.69, 9.17) is 5.73 Å². The zero-order valence-corrected chi connectivity index (χ0v) is 9.33. The molecule has 72 valence electrons. The van der Waals surface area contributed by atoms with Crippen LogP contribution >= 0.6 is 23.1 Å². The van der Waals surface area contributed by atoms with E-state index in [9.17, 15) is 0 Å². The summed E-state index contributed by atoms with van der Waals surface area (Å²) in [6.07, 6.45) is 1.29. The Morgan fingerprint density at radius 1 is 1.69 bits per heavy atom. The first-order valence-electron chi connectivity index (χ1n) is 4.56. The standard InChI is InChI=1S/C9H14N2S2/c1-6(10)8-5-13-9(11-8)7-2-3-12-4-7/h5-7H,2-4,10H2,1H3. The van der Waals surface area contributed by atoms with Gasteiger partial charge in [-0.05, 0) is 19.1 Å². The zero-order chi connectivity index (χ0) is 9.26. The van der Waals surface area contributed by atoms with Gasteiger partial charge in [0, 0.05) is 23.1 Å². The van der Waals surface area contributed by atoms with Gasteiger partial charge < -0.3 is 5.73 Å². The van der Waals surface area contributed by atoms with E-state index in [1.807, 2.05) is 18.7 Å². The summed E-state index contributed by atoms with van der Waals surface area (Å²) in [4.78, 5) is 4.57. The predicted molar refractivity (Wildman–Crippen MR) is 59.4 cm³/mol. The number of aromatic nitrogens is 1. The van der Waals surface area contributed by atoms with Crippen molar-refractivity contribution in [1.29, 1.82) is 0 Å². The van der Waals surface area contributed by atoms with E-state index in [1.54, 1.807) is 11.3 Å². The van der Waals surface area contributed by atoms with Gasteiger partial charge in [-0.3, -0.25) is 0 Å². The fraction of sp³-hybridized carbons (Fsp3) is 0.667. The largest absolute Gasteiger partial charge is 0.323 e. The Labute approximate surface area is 86.9 Å². The Bertz CT molecular complexity index is 277. The Hall–Kier alpha value is -0.0600. The van der Waals surface area contributed by atoms with Gasteiger partial charge in [-0.25, -0.2) is 4.98 Å². The maximum absolute atomic E-state index is 5.76. The molecule has 13 heavy (non-hydrogen) atoms. The third-order valence-corrected chi connectivity index (χ3v) is 4.47. The van der Waals surface area contributed by atoms with Crippen molar-refractivity contribution in [3.8, 4) is 0 Å². The molecule has 0 bridgehead atoms. The van der Waals surface area contributed by atoms with E-state index in [0.29, 0.717) is 5.92 Å². The summed E-state index contributed by atoms with van der Waals surface area (Å²) in [5.74, 6) is 3.23. The van der Waals surface area contributed by atoms with Crippen LogP contribution < -0.4 is 5.73 Å². The van der Waals surface area contributed by atoms with Crippen molar-refractivity contribution < 1.29 is 0 Å². The van der Waals surface area contributed by atoms with Crippen LogP contribution in [0, 0.1) is 0 Å². The maximum Gasteiger partial charge on any atom is 0.0968 e. The third-order valence-electron chi connectivity index (χ3n) is 2.29. The molecule has 0 aliphatic carbocycles. The highest BCUT2D eigenvalue weighted by Crippen LogP contribution is 2.34. The van der Waals surface area contributed by atoms with Crippen molar-refractivity contribution in [3.05, 3.63) is 16.1 Å². The molecule has 2 atom stereocenters. The molecule has 1 aromatic rings. The smallest absolute Gasteiger partial charge is 0.0968 e. The molecule has 0 radical (unpaired) electrons. The van der Waals surface area contributed by atoms with Crippen LogP contribution in [0.1, 0.15) is 36.0 Å². The molecular weight excluding hydrogens is 200 g/mol. The molecular formula is C9H14N2S2. The van der Waals surface area contributed by atoms with E-state index in [1.165, 1.54) is 22.9 Å². The lowest BCUT2D eigenvalue weighted by atomic mass is 10.1. The van der Waals surface area contributed by atoms with E-state index < -0.39 is 0 Å². The van der Waals surface area contributed by atoms with Crippen LogP contribution in [0.3, 0.4) is 0 Å². The van der Waals surface area contributed by atoms with E-state index >= 15 is 0 Å². The normalized spacial score (nSPS) is 24.9. The van der Waals surface area contributed by atoms with Gasteiger partial charge in [0.2, 0.25) is 0 Å². The molecule has 1 fully saturated rings. The minimum atomic E-state index is 0.0825. The van der Waals surface area contributed by atoms with Crippen LogP contribution in [-0.2, 0) is 0 Å². The van der Waals surface area contributed by atoms with E-state index in [2.05, 4.69) is 10.4 Å². The van der Waals surface area contributed by atoms with Gasteiger partial charge in [0.25, 0.3) is 0 Å². The van der Waals surface area contributed by atoms with Gasteiger partial charge in [-0.2, -0.15) is 11.8 Å². The SMILES string of the molecule is CC(N)c1csc(C2CCSC2)n1. The molecule has 4 heteroatoms. The Kier molecular flexibility index (Phi) is 2.91. The molecule has 2 unspecified atom stereocenters. The summed E-state index contributed by atoms with van der Waals surface area (Å²) in [7, 11) is 0. The van der Waals surface area contributed by atoms with Crippen molar-refractivity contribution >= 4 is 23.1 Å². The topological polar surface area (TPSA) is 38.9 Å². The summed E-state index contributed by atoms with van der Waals surface area (Å²) >= 11 is 3.80. The Morgan fingerprint density at radius 2 is 2.54 bits per heavy atom. The molecule has 1 aliphatic heterocycles. The van der Waals surface area contributed by atoms with Crippen molar-refractivity contribution in [3.63, 3.8) is 0 Å². The van der Waals surface area contributed by atoms with Gasteiger partial charge in [0.15, 0.2) is 0 Å². The summed E-state index contributed by atoms with van der Waals surface area (Å²) in [5.41, 5.74) is 6.82. The Morgan fingerprint density at radius 3 is 3.08 bits per heavy atom. The van der Waals surface area contributed by atoms with Crippen LogP contribution in [0.4, 0.5) is 0 Å². The number of thiazole rings is 1. The van der Waals surface area contributed by atoms with Crippen molar-refractivity contribution in [1.82, 2.24) is 4.98 Å². The van der Waals surface area contributed by atoms with Gasteiger partial charge in [-0.15, -0.1) is 11.3 Å². The zero-order valence-electron chi connectivity index (χ0n) is 7.69. The second kappa shape index (κ2) is 3.98. The first-order valence-corrected chi connectivity index (χ1v) is 6.59. The number of rotatable bonds is 2. The number of nitrogens with zero attached hydrogens (tertiary/aromatic N) is 1.